The van der Waals surface area contributed by atoms with Gasteiger partial charge in [0.1, 0.15) is 5.92 Å². The van der Waals surface area contributed by atoms with Gasteiger partial charge in [-0.2, -0.15) is 0 Å². The van der Waals surface area contributed by atoms with Gasteiger partial charge < -0.3 is 25.5 Å². The number of hydrogen-bond donors (Lipinski definition) is 5. The van der Waals surface area contributed by atoms with E-state index >= 15 is 0 Å². The fraction of sp³-hybridized carbons (Fsp3) is 0.429. The quantitative estimate of drug-likeness (QED) is 0.329. The minimum atomic E-state index is -3.68. The molecular formula is C7H8O9. The second-order valence-corrected chi connectivity index (χ2v) is 2.87. The van der Waals surface area contributed by atoms with Crippen molar-refractivity contribution in [3.05, 3.63) is 0 Å². The summed E-state index contributed by atoms with van der Waals surface area (Å²) in [6.45, 7) is 0. The number of rotatable bonds is 6. The standard InChI is InChI=1S/C7H8O9/c8-3(9)1-2(4(10)11)7(16,5(12)13)6(14)15/h2,16H,1H2,(H,8,9)(H,10,11)(H,12,13)(H,14,15). The Bertz CT molecular complexity index is 330. The smallest absolute Gasteiger partial charge is 0.348 e. The van der Waals surface area contributed by atoms with Crippen LogP contribution in [0.2, 0.25) is 0 Å². The Hall–Kier alpha value is -2.16. The van der Waals surface area contributed by atoms with E-state index in [-0.39, 0.29) is 0 Å². The summed E-state index contributed by atoms with van der Waals surface area (Å²) in [6.07, 6.45) is -1.33. The Kier molecular flexibility index (Phi) is 3.96. The summed E-state index contributed by atoms with van der Waals surface area (Å²) in [5.41, 5.74) is -3.68. The molecule has 0 saturated heterocycles. The van der Waals surface area contributed by atoms with Crippen molar-refractivity contribution in [3.63, 3.8) is 0 Å². The number of aliphatic hydroxyl groups is 1. The minimum Gasteiger partial charge on any atom is -0.481 e. The molecule has 0 radical (unpaired) electrons. The molecule has 0 aromatic carbocycles. The highest BCUT2D eigenvalue weighted by molar-refractivity contribution is 6.06. The van der Waals surface area contributed by atoms with Gasteiger partial charge in [-0.1, -0.05) is 0 Å². The normalized spacial score (nSPS) is 12.8. The van der Waals surface area contributed by atoms with Gasteiger partial charge in [0.2, 0.25) is 0 Å². The molecule has 0 bridgehead atoms. The van der Waals surface area contributed by atoms with Crippen LogP contribution in [0.1, 0.15) is 6.42 Å². The summed E-state index contributed by atoms with van der Waals surface area (Å²) >= 11 is 0. The molecule has 0 saturated carbocycles. The van der Waals surface area contributed by atoms with Gasteiger partial charge in [-0.05, 0) is 0 Å². The van der Waals surface area contributed by atoms with Crippen molar-refractivity contribution >= 4 is 23.9 Å². The SMILES string of the molecule is O=C(O)CC(C(=O)O)C(O)(C(=O)O)C(=O)O. The summed E-state index contributed by atoms with van der Waals surface area (Å²) in [4.78, 5) is 41.8. The van der Waals surface area contributed by atoms with Crippen molar-refractivity contribution in [2.24, 2.45) is 5.92 Å². The molecule has 1 atom stereocenters. The Morgan fingerprint density at radius 3 is 1.50 bits per heavy atom. The second-order valence-electron chi connectivity index (χ2n) is 2.87. The van der Waals surface area contributed by atoms with Gasteiger partial charge in [0.15, 0.2) is 0 Å². The zero-order valence-electron chi connectivity index (χ0n) is 7.65. The average molecular weight is 236 g/mol. The molecule has 0 aromatic rings. The van der Waals surface area contributed by atoms with Gasteiger partial charge in [0.05, 0.1) is 6.42 Å². The molecule has 0 aliphatic heterocycles. The molecular weight excluding hydrogens is 228 g/mol. The van der Waals surface area contributed by atoms with Crippen LogP contribution in [-0.4, -0.2) is 55.0 Å². The molecule has 0 fully saturated rings. The van der Waals surface area contributed by atoms with E-state index < -0.39 is 41.8 Å². The predicted octanol–water partition coefficient (Wildman–Crippen LogP) is -1.94. The van der Waals surface area contributed by atoms with Crippen LogP contribution in [0.3, 0.4) is 0 Å². The molecule has 0 amide bonds. The number of aliphatic carboxylic acids is 4. The third-order valence-electron chi connectivity index (χ3n) is 1.83. The Morgan fingerprint density at radius 2 is 1.31 bits per heavy atom. The van der Waals surface area contributed by atoms with Crippen molar-refractivity contribution in [1.82, 2.24) is 0 Å². The molecule has 16 heavy (non-hydrogen) atoms. The van der Waals surface area contributed by atoms with Crippen molar-refractivity contribution in [2.45, 2.75) is 12.0 Å². The maximum Gasteiger partial charge on any atom is 0.348 e. The zero-order chi connectivity index (χ0) is 13.1. The molecule has 1 unspecified atom stereocenters. The highest BCUT2D eigenvalue weighted by Crippen LogP contribution is 2.22. The Balaban J connectivity index is 5.44. The van der Waals surface area contributed by atoms with Crippen molar-refractivity contribution in [1.29, 1.82) is 0 Å². The van der Waals surface area contributed by atoms with Gasteiger partial charge in [-0.25, -0.2) is 9.59 Å². The van der Waals surface area contributed by atoms with Crippen LogP contribution in [-0.2, 0) is 19.2 Å². The topological polar surface area (TPSA) is 169 Å². The van der Waals surface area contributed by atoms with E-state index in [4.69, 9.17) is 20.4 Å². The summed E-state index contributed by atoms with van der Waals surface area (Å²) in [5, 5.41) is 42.9. The first-order valence-corrected chi connectivity index (χ1v) is 3.77. The van der Waals surface area contributed by atoms with Gasteiger partial charge in [0, 0.05) is 0 Å². The molecule has 0 aliphatic carbocycles. The first-order valence-electron chi connectivity index (χ1n) is 3.77. The van der Waals surface area contributed by atoms with Crippen molar-refractivity contribution in [3.8, 4) is 0 Å². The largest absolute Gasteiger partial charge is 0.481 e. The molecule has 0 aromatic heterocycles. The molecule has 90 valence electrons. The van der Waals surface area contributed by atoms with Crippen LogP contribution >= 0.6 is 0 Å². The second kappa shape index (κ2) is 4.57. The lowest BCUT2D eigenvalue weighted by Gasteiger charge is -2.23. The van der Waals surface area contributed by atoms with Crippen LogP contribution in [0.4, 0.5) is 0 Å². The monoisotopic (exact) mass is 236 g/mol. The van der Waals surface area contributed by atoms with E-state index in [1.807, 2.05) is 0 Å². The summed E-state index contributed by atoms with van der Waals surface area (Å²) in [7, 11) is 0. The summed E-state index contributed by atoms with van der Waals surface area (Å²) < 4.78 is 0. The minimum absolute atomic E-state index is 1.33. The predicted molar refractivity (Wildman–Crippen MR) is 43.6 cm³/mol. The van der Waals surface area contributed by atoms with Crippen LogP contribution in [0.5, 0.6) is 0 Å². The average Bonchev–Trinajstić information content (AvgIpc) is 2.11. The van der Waals surface area contributed by atoms with Gasteiger partial charge in [-0.3, -0.25) is 9.59 Å². The highest BCUT2D eigenvalue weighted by Gasteiger charge is 2.56. The number of carbonyl (C=O) groups is 4. The van der Waals surface area contributed by atoms with Gasteiger partial charge >= 0.3 is 23.9 Å². The lowest BCUT2D eigenvalue weighted by molar-refractivity contribution is -0.189. The molecule has 0 aliphatic rings. The van der Waals surface area contributed by atoms with E-state index in [1.165, 1.54) is 0 Å². The van der Waals surface area contributed by atoms with E-state index in [0.717, 1.165) is 0 Å². The van der Waals surface area contributed by atoms with Crippen molar-refractivity contribution < 1.29 is 44.7 Å². The lowest BCUT2D eigenvalue weighted by Crippen LogP contribution is -2.56. The third-order valence-corrected chi connectivity index (χ3v) is 1.83. The fourth-order valence-electron chi connectivity index (χ4n) is 0.978. The van der Waals surface area contributed by atoms with Crippen LogP contribution < -0.4 is 0 Å². The van der Waals surface area contributed by atoms with E-state index in [1.54, 1.807) is 0 Å². The van der Waals surface area contributed by atoms with Crippen LogP contribution in [0.15, 0.2) is 0 Å². The molecule has 9 heteroatoms. The highest BCUT2D eigenvalue weighted by atomic mass is 16.5. The van der Waals surface area contributed by atoms with E-state index in [2.05, 4.69) is 0 Å². The van der Waals surface area contributed by atoms with Gasteiger partial charge in [0.25, 0.3) is 5.60 Å². The van der Waals surface area contributed by atoms with Crippen LogP contribution in [0.25, 0.3) is 0 Å². The maximum absolute atomic E-state index is 10.5. The molecule has 5 N–H and O–H groups in total. The summed E-state index contributed by atoms with van der Waals surface area (Å²) in [6, 6.07) is 0. The number of carboxylic acids is 4. The maximum atomic E-state index is 10.5. The molecule has 0 rings (SSSR count). The van der Waals surface area contributed by atoms with E-state index in [9.17, 15) is 24.3 Å². The van der Waals surface area contributed by atoms with E-state index in [0.29, 0.717) is 0 Å². The van der Waals surface area contributed by atoms with Crippen molar-refractivity contribution in [2.75, 3.05) is 0 Å². The zero-order valence-corrected chi connectivity index (χ0v) is 7.65. The first kappa shape index (κ1) is 13.8. The molecule has 0 spiro atoms. The van der Waals surface area contributed by atoms with Gasteiger partial charge in [-0.15, -0.1) is 0 Å². The fourth-order valence-corrected chi connectivity index (χ4v) is 0.978. The Labute approximate surface area is 87.5 Å². The number of hydrogen-bond acceptors (Lipinski definition) is 5. The summed E-state index contributed by atoms with van der Waals surface area (Å²) in [5.74, 6) is -10.9. The van der Waals surface area contributed by atoms with Crippen LogP contribution in [0, 0.1) is 5.92 Å². The Morgan fingerprint density at radius 1 is 0.938 bits per heavy atom. The first-order chi connectivity index (χ1) is 7.13. The molecule has 0 heterocycles. The lowest BCUT2D eigenvalue weighted by atomic mass is 9.85. The molecule has 9 nitrogen and oxygen atoms in total. The third kappa shape index (κ3) is 2.45. The number of carboxylic acid groups (broad SMARTS) is 4.